The van der Waals surface area contributed by atoms with Crippen LogP contribution in [-0.4, -0.2) is 65.3 Å². The van der Waals surface area contributed by atoms with Crippen LogP contribution in [0, 0.1) is 16.1 Å². The van der Waals surface area contributed by atoms with Crippen molar-refractivity contribution in [3.63, 3.8) is 0 Å². The Labute approximate surface area is 191 Å². The number of rotatable bonds is 4. The Morgan fingerprint density at radius 3 is 2.42 bits per heavy atom. The Morgan fingerprint density at radius 2 is 1.82 bits per heavy atom. The molecule has 168 valence electrons. The van der Waals surface area contributed by atoms with E-state index in [0.717, 1.165) is 33.6 Å². The van der Waals surface area contributed by atoms with Crippen LogP contribution in [0.5, 0.6) is 0 Å². The SMILES string of the molecule is Cn1cc(-c2cc(-c3ccc(N4CCN(S(C)(=N)=O)CC4)nc3)c3c(C#N)cnn3c2)cn1. The Morgan fingerprint density at radius 1 is 1.03 bits per heavy atom. The van der Waals surface area contributed by atoms with Gasteiger partial charge in [-0.1, -0.05) is 0 Å². The minimum Gasteiger partial charge on any atom is -0.354 e. The van der Waals surface area contributed by atoms with Crippen molar-refractivity contribution in [2.45, 2.75) is 0 Å². The first-order chi connectivity index (χ1) is 15.8. The van der Waals surface area contributed by atoms with E-state index in [-0.39, 0.29) is 0 Å². The standard InChI is InChI=1S/C22H23N9OS/c1-28-14-19(13-26-28)17-9-20(22-18(10-23)12-27-31(22)15-17)16-3-4-21(25-11-16)29-5-7-30(8-6-29)33(2,24)32/h3-4,9,11-15,24H,5-8H2,1-2H3. The molecular weight excluding hydrogens is 438 g/mol. The third-order valence-corrected chi connectivity index (χ3v) is 7.24. The lowest BCUT2D eigenvalue weighted by Crippen LogP contribution is -2.48. The maximum absolute atomic E-state index is 12.0. The highest BCUT2D eigenvalue weighted by Gasteiger charge is 2.22. The van der Waals surface area contributed by atoms with Crippen LogP contribution >= 0.6 is 0 Å². The number of aryl methyl sites for hydroxylation is 1. The summed E-state index contributed by atoms with van der Waals surface area (Å²) < 4.78 is 24.9. The van der Waals surface area contributed by atoms with Gasteiger partial charge < -0.3 is 4.90 Å². The van der Waals surface area contributed by atoms with Gasteiger partial charge in [-0.2, -0.15) is 15.5 Å². The van der Waals surface area contributed by atoms with Gasteiger partial charge in [0.25, 0.3) is 0 Å². The lowest BCUT2D eigenvalue weighted by molar-refractivity contribution is 0.405. The molecule has 33 heavy (non-hydrogen) atoms. The summed E-state index contributed by atoms with van der Waals surface area (Å²) >= 11 is 0. The van der Waals surface area contributed by atoms with Gasteiger partial charge in [-0.05, 0) is 18.2 Å². The Bertz CT molecular complexity index is 1470. The lowest BCUT2D eigenvalue weighted by atomic mass is 10.0. The Hall–Kier alpha value is -3.75. The van der Waals surface area contributed by atoms with E-state index >= 15 is 0 Å². The van der Waals surface area contributed by atoms with Crippen LogP contribution in [0.1, 0.15) is 5.56 Å². The molecule has 1 saturated heterocycles. The van der Waals surface area contributed by atoms with E-state index in [2.05, 4.69) is 26.2 Å². The zero-order chi connectivity index (χ0) is 23.2. The highest BCUT2D eigenvalue weighted by atomic mass is 32.2. The molecule has 4 aromatic rings. The first-order valence-corrected chi connectivity index (χ1v) is 12.4. The van der Waals surface area contributed by atoms with Gasteiger partial charge in [0.2, 0.25) is 0 Å². The van der Waals surface area contributed by atoms with E-state index in [9.17, 15) is 9.47 Å². The number of anilines is 1. The molecule has 1 N–H and O–H groups in total. The Balaban J connectivity index is 1.50. The highest BCUT2D eigenvalue weighted by molar-refractivity contribution is 7.89. The number of nitrogens with zero attached hydrogens (tertiary/aromatic N) is 8. The normalized spacial score (nSPS) is 16.6. The third kappa shape index (κ3) is 3.94. The van der Waals surface area contributed by atoms with Gasteiger partial charge >= 0.3 is 0 Å². The number of pyridine rings is 2. The third-order valence-electron chi connectivity index (χ3n) is 5.88. The van der Waals surface area contributed by atoms with Crippen molar-refractivity contribution >= 4 is 21.2 Å². The van der Waals surface area contributed by atoms with Crippen LogP contribution in [0.4, 0.5) is 5.82 Å². The summed E-state index contributed by atoms with van der Waals surface area (Å²) in [6.07, 6.45) is 10.5. The molecule has 1 fully saturated rings. The van der Waals surface area contributed by atoms with Crippen LogP contribution in [0.15, 0.2) is 49.2 Å². The molecule has 5 rings (SSSR count). The molecule has 0 aromatic carbocycles. The maximum atomic E-state index is 12.0. The second-order valence-corrected chi connectivity index (χ2v) is 10.3. The quantitative estimate of drug-likeness (QED) is 0.498. The van der Waals surface area contributed by atoms with Gasteiger partial charge in [-0.25, -0.2) is 22.8 Å². The zero-order valence-electron chi connectivity index (χ0n) is 18.3. The molecule has 0 amide bonds. The second kappa shape index (κ2) is 7.99. The van der Waals surface area contributed by atoms with Gasteiger partial charge in [0, 0.05) is 80.3 Å². The summed E-state index contributed by atoms with van der Waals surface area (Å²) in [4.78, 5) is 6.81. The molecule has 1 atom stereocenters. The number of hydrogen-bond donors (Lipinski definition) is 1. The highest BCUT2D eigenvalue weighted by Crippen LogP contribution is 2.32. The fourth-order valence-corrected chi connectivity index (χ4v) is 5.01. The van der Waals surface area contributed by atoms with Gasteiger partial charge in [-0.15, -0.1) is 0 Å². The number of nitriles is 1. The van der Waals surface area contributed by atoms with Crippen molar-refractivity contribution in [3.05, 3.63) is 54.7 Å². The van der Waals surface area contributed by atoms with Crippen molar-refractivity contribution in [1.29, 1.82) is 10.0 Å². The molecule has 1 aliphatic heterocycles. The van der Waals surface area contributed by atoms with Crippen molar-refractivity contribution in [3.8, 4) is 28.3 Å². The fraction of sp³-hybridized carbons (Fsp3) is 0.273. The summed E-state index contributed by atoms with van der Waals surface area (Å²) in [6.45, 7) is 2.46. The molecule has 10 nitrogen and oxygen atoms in total. The number of nitrogens with one attached hydrogen (secondary N) is 1. The summed E-state index contributed by atoms with van der Waals surface area (Å²) in [5.74, 6) is 0.833. The first kappa shape index (κ1) is 21.1. The summed E-state index contributed by atoms with van der Waals surface area (Å²) in [6, 6.07) is 8.23. The van der Waals surface area contributed by atoms with Crippen LogP contribution in [-0.2, 0) is 17.0 Å². The molecule has 1 unspecified atom stereocenters. The van der Waals surface area contributed by atoms with Gasteiger partial charge in [0.1, 0.15) is 21.8 Å². The average molecular weight is 462 g/mol. The van der Waals surface area contributed by atoms with Crippen molar-refractivity contribution in [1.82, 2.24) is 28.7 Å². The van der Waals surface area contributed by atoms with E-state index in [1.807, 2.05) is 43.8 Å². The largest absolute Gasteiger partial charge is 0.354 e. The minimum atomic E-state index is -2.68. The number of hydrogen-bond acceptors (Lipinski definition) is 7. The number of piperazine rings is 1. The minimum absolute atomic E-state index is 0.501. The topological polar surface area (TPSA) is 119 Å². The predicted molar refractivity (Wildman–Crippen MR) is 126 cm³/mol. The van der Waals surface area contributed by atoms with Crippen molar-refractivity contribution in [2.75, 3.05) is 37.3 Å². The van der Waals surface area contributed by atoms with Gasteiger partial charge in [0.15, 0.2) is 0 Å². The van der Waals surface area contributed by atoms with Crippen LogP contribution in [0.25, 0.3) is 27.8 Å². The van der Waals surface area contributed by atoms with E-state index < -0.39 is 9.92 Å². The molecule has 4 aromatic heterocycles. The smallest absolute Gasteiger partial charge is 0.128 e. The van der Waals surface area contributed by atoms with Gasteiger partial charge in [-0.3, -0.25) is 4.68 Å². The lowest BCUT2D eigenvalue weighted by Gasteiger charge is -2.35. The number of aromatic nitrogens is 5. The molecule has 0 radical (unpaired) electrons. The van der Waals surface area contributed by atoms with E-state index in [1.165, 1.54) is 6.26 Å². The number of fused-ring (bicyclic) bond motifs is 1. The van der Waals surface area contributed by atoms with Crippen LogP contribution < -0.4 is 4.90 Å². The molecule has 0 bridgehead atoms. The van der Waals surface area contributed by atoms with Gasteiger partial charge in [0.05, 0.1) is 23.5 Å². The maximum Gasteiger partial charge on any atom is 0.128 e. The van der Waals surface area contributed by atoms with E-state index in [1.54, 1.807) is 25.9 Å². The van der Waals surface area contributed by atoms with Crippen molar-refractivity contribution in [2.24, 2.45) is 7.05 Å². The molecule has 1 aliphatic rings. The van der Waals surface area contributed by atoms with Crippen molar-refractivity contribution < 1.29 is 4.21 Å². The Kier molecular flexibility index (Phi) is 5.11. The molecule has 0 aliphatic carbocycles. The molecule has 0 spiro atoms. The average Bonchev–Trinajstić information content (AvgIpc) is 3.44. The predicted octanol–water partition coefficient (Wildman–Crippen LogP) is 2.38. The van der Waals surface area contributed by atoms with Crippen LogP contribution in [0.2, 0.25) is 0 Å². The van der Waals surface area contributed by atoms with E-state index in [0.29, 0.717) is 31.7 Å². The molecule has 0 saturated carbocycles. The van der Waals surface area contributed by atoms with Crippen LogP contribution in [0.3, 0.4) is 0 Å². The summed E-state index contributed by atoms with van der Waals surface area (Å²) in [7, 11) is -0.805. The monoisotopic (exact) mass is 461 g/mol. The summed E-state index contributed by atoms with van der Waals surface area (Å²) in [5, 5.41) is 18.2. The summed E-state index contributed by atoms with van der Waals surface area (Å²) in [5.41, 5.74) is 4.89. The second-order valence-electron chi connectivity index (χ2n) is 8.13. The zero-order valence-corrected chi connectivity index (χ0v) is 19.2. The van der Waals surface area contributed by atoms with E-state index in [4.69, 9.17) is 4.78 Å². The molecule has 5 heterocycles. The first-order valence-electron chi connectivity index (χ1n) is 10.4. The fourth-order valence-electron chi connectivity index (χ4n) is 4.15. The molecule has 11 heteroatoms. The molecular formula is C22H23N9OS.